The monoisotopic (exact) mass is 384 g/mol. The van der Waals surface area contributed by atoms with Crippen LogP contribution in [0.15, 0.2) is 40.4 Å². The molecule has 2 amide bonds. The Morgan fingerprint density at radius 3 is 2.64 bits per heavy atom. The van der Waals surface area contributed by atoms with Crippen LogP contribution in [0.5, 0.6) is 0 Å². The second kappa shape index (κ2) is 7.14. The highest BCUT2D eigenvalue weighted by Gasteiger charge is 2.19. The highest BCUT2D eigenvalue weighted by atomic mass is 16.2. The van der Waals surface area contributed by atoms with E-state index >= 15 is 0 Å². The number of hydrogen-bond donors (Lipinski definition) is 2. The van der Waals surface area contributed by atoms with Crippen molar-refractivity contribution in [2.24, 2.45) is 5.73 Å². The van der Waals surface area contributed by atoms with E-state index in [1.54, 1.807) is 0 Å². The first-order chi connectivity index (χ1) is 13.2. The SMILES string of the molecule is C=CCn1c(=O)c2ccc(C(=O)NC(C)C)cc2n2c(=O)n(CC(N)=O)nc12. The largest absolute Gasteiger partial charge is 0.368 e. The number of rotatable bonds is 6. The van der Waals surface area contributed by atoms with Gasteiger partial charge in [0.25, 0.3) is 11.5 Å². The number of carbonyl (C=O) groups excluding carboxylic acids is 2. The van der Waals surface area contributed by atoms with Crippen molar-refractivity contribution in [1.29, 1.82) is 0 Å². The minimum Gasteiger partial charge on any atom is -0.368 e. The van der Waals surface area contributed by atoms with Crippen molar-refractivity contribution in [3.05, 3.63) is 57.3 Å². The van der Waals surface area contributed by atoms with Crippen molar-refractivity contribution >= 4 is 28.5 Å². The first-order valence-electron chi connectivity index (χ1n) is 8.60. The number of nitrogens with zero attached hydrogens (tertiary/aromatic N) is 4. The molecule has 0 saturated heterocycles. The third kappa shape index (κ3) is 3.20. The number of primary amides is 1. The highest BCUT2D eigenvalue weighted by molar-refractivity contribution is 5.98. The zero-order chi connectivity index (χ0) is 20.6. The molecule has 0 radical (unpaired) electrons. The van der Waals surface area contributed by atoms with Gasteiger partial charge in [0, 0.05) is 18.2 Å². The second-order valence-corrected chi connectivity index (χ2v) is 6.61. The summed E-state index contributed by atoms with van der Waals surface area (Å²) < 4.78 is 3.34. The Kier molecular flexibility index (Phi) is 4.87. The summed E-state index contributed by atoms with van der Waals surface area (Å²) >= 11 is 0. The van der Waals surface area contributed by atoms with Gasteiger partial charge in [-0.05, 0) is 32.0 Å². The number of nitrogens with two attached hydrogens (primary N) is 1. The molecule has 0 bridgehead atoms. The highest BCUT2D eigenvalue weighted by Crippen LogP contribution is 2.14. The van der Waals surface area contributed by atoms with Gasteiger partial charge in [0.2, 0.25) is 11.7 Å². The molecule has 3 rings (SSSR count). The Morgan fingerprint density at radius 2 is 2.04 bits per heavy atom. The van der Waals surface area contributed by atoms with Crippen LogP contribution in [-0.2, 0) is 17.9 Å². The minimum absolute atomic E-state index is 0.0325. The van der Waals surface area contributed by atoms with Gasteiger partial charge in [0.15, 0.2) is 0 Å². The van der Waals surface area contributed by atoms with E-state index < -0.39 is 23.7 Å². The molecule has 0 aliphatic carbocycles. The van der Waals surface area contributed by atoms with Crippen LogP contribution in [0.2, 0.25) is 0 Å². The number of fused-ring (bicyclic) bond motifs is 3. The lowest BCUT2D eigenvalue weighted by Crippen LogP contribution is -2.31. The Hall–Kier alpha value is -3.69. The predicted octanol–water partition coefficient (Wildman–Crippen LogP) is -0.380. The van der Waals surface area contributed by atoms with Gasteiger partial charge >= 0.3 is 5.69 Å². The summed E-state index contributed by atoms with van der Waals surface area (Å²) in [5, 5.41) is 7.08. The summed E-state index contributed by atoms with van der Waals surface area (Å²) in [6.07, 6.45) is 1.50. The molecule has 10 heteroatoms. The summed E-state index contributed by atoms with van der Waals surface area (Å²) in [7, 11) is 0. The van der Waals surface area contributed by atoms with Gasteiger partial charge in [0.1, 0.15) is 6.54 Å². The topological polar surface area (TPSA) is 133 Å². The van der Waals surface area contributed by atoms with Crippen molar-refractivity contribution in [2.45, 2.75) is 33.0 Å². The molecule has 0 fully saturated rings. The molecule has 0 atom stereocenters. The number of benzene rings is 1. The van der Waals surface area contributed by atoms with E-state index in [4.69, 9.17) is 5.73 Å². The number of aromatic nitrogens is 4. The fraction of sp³-hybridized carbons (Fsp3) is 0.278. The maximum Gasteiger partial charge on any atom is 0.352 e. The van der Waals surface area contributed by atoms with Crippen molar-refractivity contribution in [2.75, 3.05) is 0 Å². The molecule has 10 nitrogen and oxygen atoms in total. The number of nitrogens with one attached hydrogen (secondary N) is 1. The fourth-order valence-electron chi connectivity index (χ4n) is 2.95. The fourth-order valence-corrected chi connectivity index (χ4v) is 2.95. The maximum absolute atomic E-state index is 12.9. The summed E-state index contributed by atoms with van der Waals surface area (Å²) in [5.74, 6) is -1.05. The zero-order valence-electron chi connectivity index (χ0n) is 15.5. The molecule has 3 aromatic rings. The van der Waals surface area contributed by atoms with Gasteiger partial charge < -0.3 is 11.1 Å². The van der Waals surface area contributed by atoms with Gasteiger partial charge in [-0.1, -0.05) is 6.08 Å². The molecule has 3 N–H and O–H groups in total. The average Bonchev–Trinajstić information content (AvgIpc) is 2.93. The van der Waals surface area contributed by atoms with Crippen LogP contribution in [0, 0.1) is 0 Å². The molecular formula is C18H20N6O4. The van der Waals surface area contributed by atoms with Gasteiger partial charge in [-0.2, -0.15) is 0 Å². The van der Waals surface area contributed by atoms with E-state index in [2.05, 4.69) is 17.0 Å². The molecule has 2 aromatic heterocycles. The Morgan fingerprint density at radius 1 is 1.32 bits per heavy atom. The standard InChI is InChI=1S/C18H20N6O4/c1-4-7-22-16(27)12-6-5-11(15(26)20-10(2)3)8-13(12)24-17(22)21-23(18(24)28)9-14(19)25/h4-6,8,10H,1,7,9H2,2-3H3,(H2,19,25)(H,20,26). The summed E-state index contributed by atoms with van der Waals surface area (Å²) in [6, 6.07) is 4.39. The van der Waals surface area contributed by atoms with Crippen LogP contribution < -0.4 is 22.3 Å². The normalized spacial score (nSPS) is 11.2. The van der Waals surface area contributed by atoms with Crippen molar-refractivity contribution < 1.29 is 9.59 Å². The van der Waals surface area contributed by atoms with E-state index in [0.717, 1.165) is 4.68 Å². The second-order valence-electron chi connectivity index (χ2n) is 6.61. The molecule has 28 heavy (non-hydrogen) atoms. The maximum atomic E-state index is 12.9. The van der Waals surface area contributed by atoms with Crippen molar-refractivity contribution in [1.82, 2.24) is 24.1 Å². The van der Waals surface area contributed by atoms with E-state index in [1.807, 2.05) is 13.8 Å². The van der Waals surface area contributed by atoms with Gasteiger partial charge in [0.05, 0.1) is 10.9 Å². The molecule has 1 aromatic carbocycles. The third-order valence-corrected chi connectivity index (χ3v) is 4.08. The van der Waals surface area contributed by atoms with Crippen LogP contribution in [-0.4, -0.2) is 36.6 Å². The number of allylic oxidation sites excluding steroid dienone is 1. The van der Waals surface area contributed by atoms with E-state index in [1.165, 1.54) is 33.2 Å². The van der Waals surface area contributed by atoms with Crippen LogP contribution in [0.4, 0.5) is 0 Å². The molecule has 146 valence electrons. The van der Waals surface area contributed by atoms with Crippen molar-refractivity contribution in [3.63, 3.8) is 0 Å². The lowest BCUT2D eigenvalue weighted by molar-refractivity contribution is -0.118. The van der Waals surface area contributed by atoms with E-state index in [9.17, 15) is 19.2 Å². The Labute approximate surface area is 158 Å². The number of hydrogen-bond acceptors (Lipinski definition) is 5. The van der Waals surface area contributed by atoms with Crippen LogP contribution in [0.3, 0.4) is 0 Å². The predicted molar refractivity (Wildman–Crippen MR) is 103 cm³/mol. The van der Waals surface area contributed by atoms with E-state index in [-0.39, 0.29) is 40.7 Å². The Bertz CT molecular complexity index is 1230. The third-order valence-electron chi connectivity index (χ3n) is 4.08. The van der Waals surface area contributed by atoms with Crippen LogP contribution >= 0.6 is 0 Å². The molecule has 0 unspecified atom stereocenters. The van der Waals surface area contributed by atoms with Gasteiger partial charge in [-0.25, -0.2) is 13.9 Å². The Balaban J connectivity index is 2.40. The number of carbonyl (C=O) groups is 2. The molecule has 0 saturated carbocycles. The molecule has 2 heterocycles. The molecule has 0 spiro atoms. The minimum atomic E-state index is -0.746. The molecule has 0 aliphatic heterocycles. The molecule has 0 aliphatic rings. The van der Waals surface area contributed by atoms with Crippen molar-refractivity contribution in [3.8, 4) is 0 Å². The van der Waals surface area contributed by atoms with Gasteiger partial charge in [-0.15, -0.1) is 11.7 Å². The smallest absolute Gasteiger partial charge is 0.352 e. The summed E-state index contributed by atoms with van der Waals surface area (Å²) in [4.78, 5) is 49.3. The summed E-state index contributed by atoms with van der Waals surface area (Å²) in [6.45, 7) is 6.94. The average molecular weight is 384 g/mol. The van der Waals surface area contributed by atoms with Gasteiger partial charge in [-0.3, -0.25) is 19.0 Å². The summed E-state index contributed by atoms with van der Waals surface area (Å²) in [5.41, 5.74) is 4.65. The van der Waals surface area contributed by atoms with E-state index in [0.29, 0.717) is 0 Å². The number of amides is 2. The molecular weight excluding hydrogens is 364 g/mol. The first kappa shape index (κ1) is 19.1. The lowest BCUT2D eigenvalue weighted by atomic mass is 10.1. The quantitative estimate of drug-likeness (QED) is 0.559. The zero-order valence-corrected chi connectivity index (χ0v) is 15.5. The first-order valence-corrected chi connectivity index (χ1v) is 8.60. The lowest BCUT2D eigenvalue weighted by Gasteiger charge is -2.11. The van der Waals surface area contributed by atoms with Crippen LogP contribution in [0.25, 0.3) is 16.7 Å². The van der Waals surface area contributed by atoms with Crippen LogP contribution in [0.1, 0.15) is 24.2 Å².